The molecule has 6 nitrogen and oxygen atoms in total. The molecule has 6 heteroatoms. The van der Waals surface area contributed by atoms with Crippen molar-refractivity contribution in [1.29, 1.82) is 0 Å². The highest BCUT2D eigenvalue weighted by Crippen LogP contribution is 2.24. The zero-order chi connectivity index (χ0) is 18.6. The molecule has 2 fully saturated rings. The van der Waals surface area contributed by atoms with Crippen LogP contribution < -0.4 is 15.1 Å². The van der Waals surface area contributed by atoms with Crippen molar-refractivity contribution in [3.8, 4) is 0 Å². The smallest absolute Gasteiger partial charge is 0.227 e. The minimum Gasteiger partial charge on any atom is -0.366 e. The first-order valence-electron chi connectivity index (χ1n) is 9.89. The van der Waals surface area contributed by atoms with E-state index in [1.165, 1.54) is 12.8 Å². The van der Waals surface area contributed by atoms with Gasteiger partial charge in [0.1, 0.15) is 18.0 Å². The number of rotatable bonds is 5. The van der Waals surface area contributed by atoms with E-state index >= 15 is 0 Å². The summed E-state index contributed by atoms with van der Waals surface area (Å²) in [6, 6.07) is 10.2. The Kier molecular flexibility index (Phi) is 5.23. The zero-order valence-corrected chi connectivity index (χ0v) is 15.9. The summed E-state index contributed by atoms with van der Waals surface area (Å²) in [5, 5.41) is 3.39. The average Bonchev–Trinajstić information content (AvgIpc) is 3.13. The van der Waals surface area contributed by atoms with Gasteiger partial charge in [-0.05, 0) is 42.9 Å². The lowest BCUT2D eigenvalue weighted by molar-refractivity contribution is -0.117. The van der Waals surface area contributed by atoms with Crippen molar-refractivity contribution < 1.29 is 4.79 Å². The number of hydrogen-bond acceptors (Lipinski definition) is 5. The third kappa shape index (κ3) is 4.21. The van der Waals surface area contributed by atoms with Gasteiger partial charge in [0.25, 0.3) is 0 Å². The minimum absolute atomic E-state index is 0.224. The Morgan fingerprint density at radius 3 is 2.74 bits per heavy atom. The van der Waals surface area contributed by atoms with E-state index in [1.54, 1.807) is 6.33 Å². The number of carbonyl (C=O) groups is 1. The highest BCUT2D eigenvalue weighted by molar-refractivity contribution is 5.95. The number of amides is 1. The molecule has 1 atom stereocenters. The van der Waals surface area contributed by atoms with Crippen LogP contribution in [0.5, 0.6) is 0 Å². The summed E-state index contributed by atoms with van der Waals surface area (Å²) in [4.78, 5) is 24.9. The zero-order valence-electron chi connectivity index (χ0n) is 15.9. The predicted molar refractivity (Wildman–Crippen MR) is 108 cm³/mol. The third-order valence-electron chi connectivity index (χ3n) is 5.43. The Labute approximate surface area is 160 Å². The van der Waals surface area contributed by atoms with Crippen molar-refractivity contribution in [2.45, 2.75) is 39.2 Å². The van der Waals surface area contributed by atoms with E-state index < -0.39 is 0 Å². The molecule has 27 heavy (non-hydrogen) atoms. The van der Waals surface area contributed by atoms with Crippen molar-refractivity contribution >= 4 is 23.2 Å². The fourth-order valence-electron chi connectivity index (χ4n) is 3.92. The SMILES string of the molecule is CC1CCCN(c2cc(NCc3ccc(N4CCCC4=O)cc3)ncn2)C1. The van der Waals surface area contributed by atoms with E-state index in [2.05, 4.69) is 39.2 Å². The van der Waals surface area contributed by atoms with Gasteiger partial charge in [0.05, 0.1) is 0 Å². The van der Waals surface area contributed by atoms with Gasteiger partial charge < -0.3 is 15.1 Å². The van der Waals surface area contributed by atoms with E-state index in [4.69, 9.17) is 0 Å². The summed E-state index contributed by atoms with van der Waals surface area (Å²) < 4.78 is 0. The minimum atomic E-state index is 0.224. The highest BCUT2D eigenvalue weighted by Gasteiger charge is 2.21. The lowest BCUT2D eigenvalue weighted by atomic mass is 10.0. The molecule has 142 valence electrons. The maximum absolute atomic E-state index is 11.8. The number of benzene rings is 1. The molecule has 0 spiro atoms. The molecule has 4 rings (SSSR count). The summed E-state index contributed by atoms with van der Waals surface area (Å²) >= 11 is 0. The molecule has 1 aromatic heterocycles. The van der Waals surface area contributed by atoms with Crippen LogP contribution in [0.4, 0.5) is 17.3 Å². The Bertz CT molecular complexity index is 791. The topological polar surface area (TPSA) is 61.4 Å². The second-order valence-corrected chi connectivity index (χ2v) is 7.62. The van der Waals surface area contributed by atoms with Crippen molar-refractivity contribution in [3.63, 3.8) is 0 Å². The van der Waals surface area contributed by atoms with Crippen molar-refractivity contribution in [2.24, 2.45) is 5.92 Å². The number of nitrogens with zero attached hydrogens (tertiary/aromatic N) is 4. The molecule has 0 radical (unpaired) electrons. The van der Waals surface area contributed by atoms with Gasteiger partial charge in [-0.3, -0.25) is 4.79 Å². The van der Waals surface area contributed by atoms with Crippen LogP contribution in [-0.4, -0.2) is 35.5 Å². The monoisotopic (exact) mass is 365 g/mol. The van der Waals surface area contributed by atoms with Crippen LogP contribution >= 0.6 is 0 Å². The summed E-state index contributed by atoms with van der Waals surface area (Å²) in [5.41, 5.74) is 2.15. The van der Waals surface area contributed by atoms with Gasteiger partial charge in [0.2, 0.25) is 5.91 Å². The van der Waals surface area contributed by atoms with Crippen LogP contribution in [0.1, 0.15) is 38.2 Å². The molecule has 0 bridgehead atoms. The van der Waals surface area contributed by atoms with Crippen LogP contribution in [-0.2, 0) is 11.3 Å². The Morgan fingerprint density at radius 1 is 1.15 bits per heavy atom. The number of hydrogen-bond donors (Lipinski definition) is 1. The molecular formula is C21H27N5O. The van der Waals surface area contributed by atoms with Crippen molar-refractivity contribution in [1.82, 2.24) is 9.97 Å². The van der Waals surface area contributed by atoms with Crippen LogP contribution in [0, 0.1) is 5.92 Å². The highest BCUT2D eigenvalue weighted by atomic mass is 16.2. The predicted octanol–water partition coefficient (Wildman–Crippen LogP) is 3.45. The summed E-state index contributed by atoms with van der Waals surface area (Å²) in [6.07, 6.45) is 5.77. The first kappa shape index (κ1) is 17.8. The maximum Gasteiger partial charge on any atom is 0.227 e. The molecular weight excluding hydrogens is 338 g/mol. The van der Waals surface area contributed by atoms with Gasteiger partial charge >= 0.3 is 0 Å². The van der Waals surface area contributed by atoms with Crippen molar-refractivity contribution in [3.05, 3.63) is 42.2 Å². The molecule has 3 heterocycles. The lowest BCUT2D eigenvalue weighted by Crippen LogP contribution is -2.34. The van der Waals surface area contributed by atoms with Crippen LogP contribution in [0.3, 0.4) is 0 Å². The quantitative estimate of drug-likeness (QED) is 0.879. The standard InChI is InChI=1S/C21H27N5O/c1-16-4-2-10-25(14-16)20-12-19(23-15-24-20)22-13-17-6-8-18(9-7-17)26-11-3-5-21(26)27/h6-9,12,15-16H,2-5,10-11,13-14H2,1H3,(H,22,23,24). The molecule has 0 aliphatic carbocycles. The maximum atomic E-state index is 11.8. The molecule has 2 aromatic rings. The van der Waals surface area contributed by atoms with Gasteiger partial charge in [0, 0.05) is 44.4 Å². The normalized spacial score (nSPS) is 20.2. The van der Waals surface area contributed by atoms with Gasteiger partial charge in [-0.25, -0.2) is 9.97 Å². The molecule has 1 unspecified atom stereocenters. The fourth-order valence-corrected chi connectivity index (χ4v) is 3.92. The van der Waals surface area contributed by atoms with Gasteiger partial charge in [0.15, 0.2) is 0 Å². The Morgan fingerprint density at radius 2 is 2.00 bits per heavy atom. The van der Waals surface area contributed by atoms with Gasteiger partial charge in [-0.15, -0.1) is 0 Å². The third-order valence-corrected chi connectivity index (χ3v) is 5.43. The molecule has 1 N–H and O–H groups in total. The first-order chi connectivity index (χ1) is 13.2. The number of nitrogens with one attached hydrogen (secondary N) is 1. The van der Waals surface area contributed by atoms with E-state index in [0.29, 0.717) is 18.9 Å². The van der Waals surface area contributed by atoms with Crippen LogP contribution in [0.2, 0.25) is 0 Å². The molecule has 0 saturated carbocycles. The largest absolute Gasteiger partial charge is 0.366 e. The van der Waals surface area contributed by atoms with Crippen molar-refractivity contribution in [2.75, 3.05) is 34.8 Å². The second-order valence-electron chi connectivity index (χ2n) is 7.62. The fraction of sp³-hybridized carbons (Fsp3) is 0.476. The Balaban J connectivity index is 1.37. The van der Waals surface area contributed by atoms with E-state index in [1.807, 2.05) is 23.1 Å². The molecule has 1 aromatic carbocycles. The molecule has 2 aliphatic rings. The second kappa shape index (κ2) is 7.94. The number of aromatic nitrogens is 2. The van der Waals surface area contributed by atoms with Crippen LogP contribution in [0.25, 0.3) is 0 Å². The van der Waals surface area contributed by atoms with E-state index in [0.717, 1.165) is 48.9 Å². The van der Waals surface area contributed by atoms with Gasteiger partial charge in [-0.2, -0.15) is 0 Å². The first-order valence-corrected chi connectivity index (χ1v) is 9.89. The van der Waals surface area contributed by atoms with E-state index in [-0.39, 0.29) is 5.91 Å². The number of anilines is 3. The molecule has 1 amide bonds. The number of piperidine rings is 1. The average molecular weight is 365 g/mol. The molecule has 2 aliphatic heterocycles. The van der Waals surface area contributed by atoms with Crippen LogP contribution in [0.15, 0.2) is 36.7 Å². The Hall–Kier alpha value is -2.63. The number of carbonyl (C=O) groups excluding carboxylic acids is 1. The van der Waals surface area contributed by atoms with Gasteiger partial charge in [-0.1, -0.05) is 19.1 Å². The summed E-state index contributed by atoms with van der Waals surface area (Å²) in [6.45, 7) is 5.95. The summed E-state index contributed by atoms with van der Waals surface area (Å²) in [7, 11) is 0. The lowest BCUT2D eigenvalue weighted by Gasteiger charge is -2.31. The summed E-state index contributed by atoms with van der Waals surface area (Å²) in [5.74, 6) is 2.78. The van der Waals surface area contributed by atoms with E-state index in [9.17, 15) is 4.79 Å². The molecule has 2 saturated heterocycles.